The Morgan fingerprint density at radius 3 is 1.65 bits per heavy atom. The van der Waals surface area contributed by atoms with Gasteiger partial charge in [0.2, 0.25) is 0 Å². The molecule has 16 heteroatoms. The lowest BCUT2D eigenvalue weighted by Crippen LogP contribution is -2.02. The zero-order valence-corrected chi connectivity index (χ0v) is 17.8. The van der Waals surface area contributed by atoms with Crippen molar-refractivity contribution < 1.29 is 22.4 Å². The molecule has 0 aliphatic carbocycles. The highest BCUT2D eigenvalue weighted by atomic mass is 31.1. The zero-order chi connectivity index (χ0) is 24.1. The highest BCUT2D eigenvalue weighted by Gasteiger charge is 2.30. The Balaban J connectivity index is 1.66. The highest BCUT2D eigenvalue weighted by molar-refractivity contribution is 7.34. The van der Waals surface area contributed by atoms with Crippen LogP contribution in [0.2, 0.25) is 0 Å². The van der Waals surface area contributed by atoms with Crippen LogP contribution in [0.1, 0.15) is 0 Å². The monoisotopic (exact) mass is 487 g/mol. The third kappa shape index (κ3) is 4.40. The standard InChI is InChI=1S/C18H14F2N10O3P/c19-5-1-3-11(29-9-27-13-15(21)23-7-25-17(13)29)32-34(31)33-12(4-2-6-20)30-10-28-14-16(22)24-8-26-18(14)30/h1-10H,(H2,21,23,25)(H2,22,24,26)/q+1. The number of fused-ring (bicyclic) bond motifs is 2. The minimum atomic E-state index is -2.97. The molecule has 0 spiro atoms. The lowest BCUT2D eigenvalue weighted by molar-refractivity contribution is 0.362. The molecule has 172 valence electrons. The average molecular weight is 487 g/mol. The van der Waals surface area contributed by atoms with Crippen molar-refractivity contribution in [3.63, 3.8) is 0 Å². The molecule has 0 bridgehead atoms. The summed E-state index contributed by atoms with van der Waals surface area (Å²) < 4.78 is 51.5. The van der Waals surface area contributed by atoms with Gasteiger partial charge in [-0.15, -0.1) is 0 Å². The van der Waals surface area contributed by atoms with Crippen LogP contribution in [-0.2, 0) is 13.6 Å². The molecule has 0 amide bonds. The quantitative estimate of drug-likeness (QED) is 0.212. The number of hydrogen-bond donors (Lipinski definition) is 2. The van der Waals surface area contributed by atoms with Gasteiger partial charge in [-0.3, -0.25) is 0 Å². The molecule has 0 aliphatic heterocycles. The first-order valence-electron chi connectivity index (χ1n) is 9.18. The van der Waals surface area contributed by atoms with Gasteiger partial charge in [0.1, 0.15) is 25.3 Å². The minimum absolute atomic E-state index is 0.0984. The summed E-state index contributed by atoms with van der Waals surface area (Å²) in [6.07, 6.45) is 9.67. The maximum Gasteiger partial charge on any atom is 0.808 e. The number of allylic oxidation sites excluding steroid dienone is 4. The van der Waals surface area contributed by atoms with E-state index in [2.05, 4.69) is 29.9 Å². The smallest absolute Gasteiger partial charge is 0.382 e. The van der Waals surface area contributed by atoms with Gasteiger partial charge in [-0.25, -0.2) is 56.9 Å². The first-order chi connectivity index (χ1) is 16.5. The predicted molar refractivity (Wildman–Crippen MR) is 118 cm³/mol. The Bertz CT molecular complexity index is 1380. The molecular weight excluding hydrogens is 473 g/mol. The van der Waals surface area contributed by atoms with Gasteiger partial charge in [-0.05, 0) is 12.2 Å². The van der Waals surface area contributed by atoms with Gasteiger partial charge in [0.05, 0.1) is 12.7 Å². The maximum absolute atomic E-state index is 12.8. The minimum Gasteiger partial charge on any atom is -0.382 e. The van der Waals surface area contributed by atoms with Gasteiger partial charge in [-0.2, -0.15) is 0 Å². The molecule has 0 saturated carbocycles. The molecule has 4 aromatic rings. The molecule has 4 N–H and O–H groups in total. The van der Waals surface area contributed by atoms with E-state index in [1.165, 1.54) is 34.4 Å². The van der Waals surface area contributed by atoms with E-state index in [9.17, 15) is 13.3 Å². The Morgan fingerprint density at radius 1 is 0.794 bits per heavy atom. The number of nitrogen functional groups attached to an aromatic ring is 2. The molecule has 0 aromatic carbocycles. The molecule has 4 aromatic heterocycles. The van der Waals surface area contributed by atoms with E-state index in [0.29, 0.717) is 0 Å². The Kier molecular flexibility index (Phi) is 6.45. The van der Waals surface area contributed by atoms with Crippen molar-refractivity contribution in [1.82, 2.24) is 39.0 Å². The van der Waals surface area contributed by atoms with Crippen LogP contribution in [0.25, 0.3) is 34.1 Å². The van der Waals surface area contributed by atoms with E-state index in [1.807, 2.05) is 0 Å². The van der Waals surface area contributed by atoms with Gasteiger partial charge >= 0.3 is 8.25 Å². The summed E-state index contributed by atoms with van der Waals surface area (Å²) >= 11 is 0. The van der Waals surface area contributed by atoms with Crippen LogP contribution < -0.4 is 11.5 Å². The van der Waals surface area contributed by atoms with Crippen molar-refractivity contribution in [3.05, 3.63) is 62.3 Å². The molecular formula is C18H14F2N10O3P+. The van der Waals surface area contributed by atoms with E-state index in [1.54, 1.807) is 0 Å². The SMILES string of the molecule is Nc1ncnc2c1ncn2C(=CC=CF)O[P+](=O)OC(=CC=CF)n1cnc2c(N)ncnc21. The maximum atomic E-state index is 12.8. The van der Waals surface area contributed by atoms with Crippen molar-refractivity contribution >= 4 is 54.0 Å². The molecule has 13 nitrogen and oxygen atoms in total. The van der Waals surface area contributed by atoms with Crippen LogP contribution in [0.15, 0.2) is 62.3 Å². The first kappa shape index (κ1) is 22.4. The third-order valence-electron chi connectivity index (χ3n) is 4.16. The fourth-order valence-corrected chi connectivity index (χ4v) is 3.39. The second-order valence-corrected chi connectivity index (χ2v) is 6.96. The molecule has 4 heterocycles. The number of aromatic nitrogens is 8. The molecule has 0 atom stereocenters. The number of halogens is 2. The van der Waals surface area contributed by atoms with Crippen molar-refractivity contribution in [2.24, 2.45) is 0 Å². The van der Waals surface area contributed by atoms with Crippen LogP contribution in [0.5, 0.6) is 0 Å². The fourth-order valence-electron chi connectivity index (χ4n) is 2.75. The van der Waals surface area contributed by atoms with E-state index >= 15 is 0 Å². The zero-order valence-electron chi connectivity index (χ0n) is 16.9. The fraction of sp³-hybridized carbons (Fsp3) is 0. The largest absolute Gasteiger partial charge is 0.808 e. The lowest BCUT2D eigenvalue weighted by Gasteiger charge is -2.04. The molecule has 4 rings (SSSR count). The Labute approximate surface area is 189 Å². The van der Waals surface area contributed by atoms with Crippen molar-refractivity contribution in [2.75, 3.05) is 11.5 Å². The van der Waals surface area contributed by atoms with E-state index < -0.39 is 8.25 Å². The summed E-state index contributed by atoms with van der Waals surface area (Å²) in [5.41, 5.74) is 12.5. The predicted octanol–water partition coefficient (Wildman–Crippen LogP) is 3.08. The normalized spacial score (nSPS) is 13.4. The molecule has 0 radical (unpaired) electrons. The van der Waals surface area contributed by atoms with Crippen molar-refractivity contribution in [3.8, 4) is 0 Å². The number of imidazole rings is 2. The summed E-state index contributed by atoms with van der Waals surface area (Å²) in [5.74, 6) is -0.140. The number of rotatable bonds is 8. The van der Waals surface area contributed by atoms with Gasteiger partial charge < -0.3 is 11.5 Å². The molecule has 0 unspecified atom stereocenters. The first-order valence-corrected chi connectivity index (χ1v) is 10.3. The number of nitrogens with zero attached hydrogens (tertiary/aromatic N) is 8. The number of hydrogen-bond acceptors (Lipinski definition) is 11. The van der Waals surface area contributed by atoms with Gasteiger partial charge in [0.15, 0.2) is 34.0 Å². The van der Waals surface area contributed by atoms with Crippen LogP contribution in [-0.4, -0.2) is 39.0 Å². The van der Waals surface area contributed by atoms with Crippen molar-refractivity contribution in [2.45, 2.75) is 0 Å². The van der Waals surface area contributed by atoms with Crippen LogP contribution >= 0.6 is 8.25 Å². The molecule has 34 heavy (non-hydrogen) atoms. The van der Waals surface area contributed by atoms with Crippen LogP contribution in [0.3, 0.4) is 0 Å². The van der Waals surface area contributed by atoms with Crippen molar-refractivity contribution in [1.29, 1.82) is 0 Å². The topological polar surface area (TPSA) is 175 Å². The summed E-state index contributed by atoms with van der Waals surface area (Å²) in [6, 6.07) is 0. The van der Waals surface area contributed by atoms with E-state index in [-0.39, 0.29) is 58.4 Å². The second-order valence-electron chi connectivity index (χ2n) is 6.14. The van der Waals surface area contributed by atoms with E-state index in [4.69, 9.17) is 20.5 Å². The Hall–Kier alpha value is -4.78. The van der Waals surface area contributed by atoms with Crippen LogP contribution in [0, 0.1) is 0 Å². The summed E-state index contributed by atoms with van der Waals surface area (Å²) in [4.78, 5) is 23.9. The summed E-state index contributed by atoms with van der Waals surface area (Å²) in [7, 11) is -2.97. The Morgan fingerprint density at radius 2 is 1.24 bits per heavy atom. The lowest BCUT2D eigenvalue weighted by atomic mass is 10.5. The molecule has 0 saturated heterocycles. The second kappa shape index (κ2) is 9.79. The number of anilines is 2. The number of nitrogens with two attached hydrogens (primary N) is 2. The molecule has 0 aliphatic rings. The van der Waals surface area contributed by atoms with E-state index in [0.717, 1.165) is 24.3 Å². The van der Waals surface area contributed by atoms with Crippen LogP contribution in [0.4, 0.5) is 20.4 Å². The van der Waals surface area contributed by atoms with Gasteiger partial charge in [0, 0.05) is 16.7 Å². The summed E-state index contributed by atoms with van der Waals surface area (Å²) in [5, 5.41) is 0. The van der Waals surface area contributed by atoms with Gasteiger partial charge in [-0.1, -0.05) is 0 Å². The average Bonchev–Trinajstić information content (AvgIpc) is 3.46. The highest BCUT2D eigenvalue weighted by Crippen LogP contribution is 2.36. The molecule has 0 fully saturated rings. The van der Waals surface area contributed by atoms with Gasteiger partial charge in [0.25, 0.3) is 11.8 Å². The summed E-state index contributed by atoms with van der Waals surface area (Å²) in [6.45, 7) is 0. The third-order valence-corrected chi connectivity index (χ3v) is 4.83.